The van der Waals surface area contributed by atoms with Crippen molar-refractivity contribution in [2.24, 2.45) is 4.99 Å². The van der Waals surface area contributed by atoms with Crippen molar-refractivity contribution in [3.63, 3.8) is 0 Å². The SMILES string of the molecule is CCOc1cc(/C=C2\N=C(c3ccc(NC(C)=O)cc3)OC2=O)cc(I)c1OC(=O)c1ccccc1. The first-order valence-electron chi connectivity index (χ1n) is 11.0. The second kappa shape index (κ2) is 11.2. The highest BCUT2D eigenvalue weighted by Gasteiger charge is 2.25. The summed E-state index contributed by atoms with van der Waals surface area (Å²) < 4.78 is 17.3. The van der Waals surface area contributed by atoms with E-state index in [1.165, 1.54) is 6.92 Å². The molecule has 0 saturated heterocycles. The molecule has 1 amide bonds. The van der Waals surface area contributed by atoms with Crippen molar-refractivity contribution in [3.8, 4) is 11.5 Å². The van der Waals surface area contributed by atoms with Crippen LogP contribution in [0, 0.1) is 3.57 Å². The van der Waals surface area contributed by atoms with Crippen LogP contribution in [0.4, 0.5) is 5.69 Å². The third kappa shape index (κ3) is 5.98. The maximum atomic E-state index is 12.6. The van der Waals surface area contributed by atoms with Gasteiger partial charge in [-0.25, -0.2) is 14.6 Å². The fourth-order valence-corrected chi connectivity index (χ4v) is 4.08. The van der Waals surface area contributed by atoms with Crippen LogP contribution in [0.15, 0.2) is 77.4 Å². The average Bonchev–Trinajstić information content (AvgIpc) is 3.22. The molecule has 0 radical (unpaired) electrons. The Bertz CT molecular complexity index is 1380. The van der Waals surface area contributed by atoms with Crippen molar-refractivity contribution in [2.45, 2.75) is 13.8 Å². The van der Waals surface area contributed by atoms with Gasteiger partial charge >= 0.3 is 11.9 Å². The van der Waals surface area contributed by atoms with Gasteiger partial charge in [0.2, 0.25) is 11.8 Å². The van der Waals surface area contributed by atoms with E-state index < -0.39 is 11.9 Å². The molecule has 0 atom stereocenters. The lowest BCUT2D eigenvalue weighted by Gasteiger charge is -2.13. The number of rotatable bonds is 7. The highest BCUT2D eigenvalue weighted by atomic mass is 127. The molecule has 0 bridgehead atoms. The van der Waals surface area contributed by atoms with Crippen molar-refractivity contribution in [1.29, 1.82) is 0 Å². The minimum Gasteiger partial charge on any atom is -0.490 e. The van der Waals surface area contributed by atoms with E-state index in [9.17, 15) is 14.4 Å². The number of aliphatic imine (C=N–C) groups is 1. The van der Waals surface area contributed by atoms with Gasteiger partial charge in [0.05, 0.1) is 15.7 Å². The lowest BCUT2D eigenvalue weighted by atomic mass is 10.1. The number of anilines is 1. The van der Waals surface area contributed by atoms with Crippen LogP contribution in [0.1, 0.15) is 35.3 Å². The number of nitrogens with one attached hydrogen (secondary N) is 1. The van der Waals surface area contributed by atoms with E-state index in [-0.39, 0.29) is 17.5 Å². The Morgan fingerprint density at radius 3 is 2.47 bits per heavy atom. The predicted octanol–water partition coefficient (Wildman–Crippen LogP) is 5.21. The molecule has 0 saturated carbocycles. The minimum atomic E-state index is -0.594. The monoisotopic (exact) mass is 596 g/mol. The Morgan fingerprint density at radius 1 is 1.08 bits per heavy atom. The molecule has 1 aliphatic rings. The molecule has 1 aliphatic heterocycles. The van der Waals surface area contributed by atoms with Crippen LogP contribution in [-0.2, 0) is 14.3 Å². The van der Waals surface area contributed by atoms with E-state index in [2.05, 4.69) is 32.9 Å². The summed E-state index contributed by atoms with van der Waals surface area (Å²) in [4.78, 5) is 40.6. The molecule has 1 N–H and O–H groups in total. The number of benzene rings is 3. The summed E-state index contributed by atoms with van der Waals surface area (Å²) in [5, 5.41) is 2.68. The number of nitrogens with zero attached hydrogens (tertiary/aromatic N) is 1. The molecule has 0 unspecified atom stereocenters. The molecular weight excluding hydrogens is 575 g/mol. The van der Waals surface area contributed by atoms with Crippen LogP contribution in [-0.4, -0.2) is 30.4 Å². The third-order valence-electron chi connectivity index (χ3n) is 4.91. The van der Waals surface area contributed by atoms with Gasteiger partial charge in [0.25, 0.3) is 0 Å². The zero-order valence-corrected chi connectivity index (χ0v) is 21.6. The second-order valence-electron chi connectivity index (χ2n) is 7.61. The summed E-state index contributed by atoms with van der Waals surface area (Å²) >= 11 is 2.05. The molecular formula is C27H21IN2O6. The number of ether oxygens (including phenoxy) is 3. The standard InChI is InChI=1S/C27H21IN2O6/c1-3-34-23-15-17(13-21(28)24(23)35-26(32)19-7-5-4-6-8-19)14-22-27(33)36-25(30-22)18-9-11-20(12-10-18)29-16(2)31/h4-15H,3H2,1-2H3,(H,29,31)/b22-14-. The van der Waals surface area contributed by atoms with Crippen LogP contribution < -0.4 is 14.8 Å². The molecule has 8 nitrogen and oxygen atoms in total. The summed E-state index contributed by atoms with van der Waals surface area (Å²) in [6.45, 7) is 3.60. The summed E-state index contributed by atoms with van der Waals surface area (Å²) in [6.07, 6.45) is 1.58. The molecule has 9 heteroatoms. The molecule has 1 heterocycles. The van der Waals surface area contributed by atoms with Gasteiger partial charge in [0, 0.05) is 18.2 Å². The summed E-state index contributed by atoms with van der Waals surface area (Å²) in [5.41, 5.74) is 2.37. The maximum Gasteiger partial charge on any atom is 0.363 e. The summed E-state index contributed by atoms with van der Waals surface area (Å²) in [5.74, 6) is -0.453. The molecule has 0 aliphatic carbocycles. The molecule has 3 aromatic rings. The van der Waals surface area contributed by atoms with Gasteiger partial charge in [-0.3, -0.25) is 4.79 Å². The van der Waals surface area contributed by atoms with Crippen molar-refractivity contribution >= 4 is 58.1 Å². The first-order valence-corrected chi connectivity index (χ1v) is 12.1. The minimum absolute atomic E-state index is 0.114. The van der Waals surface area contributed by atoms with Crippen molar-refractivity contribution in [3.05, 3.63) is 92.7 Å². The van der Waals surface area contributed by atoms with Gasteiger partial charge in [0.1, 0.15) is 0 Å². The topological polar surface area (TPSA) is 103 Å². The Hall–Kier alpha value is -3.99. The zero-order valence-electron chi connectivity index (χ0n) is 19.4. The van der Waals surface area contributed by atoms with Gasteiger partial charge in [-0.2, -0.15) is 0 Å². The Kier molecular flexibility index (Phi) is 7.79. The van der Waals surface area contributed by atoms with Crippen LogP contribution in [0.3, 0.4) is 0 Å². The van der Waals surface area contributed by atoms with E-state index in [0.29, 0.717) is 44.1 Å². The van der Waals surface area contributed by atoms with E-state index in [1.54, 1.807) is 66.7 Å². The van der Waals surface area contributed by atoms with E-state index in [0.717, 1.165) is 0 Å². The van der Waals surface area contributed by atoms with Crippen molar-refractivity contribution < 1.29 is 28.6 Å². The molecule has 0 aromatic heterocycles. The summed E-state index contributed by atoms with van der Waals surface area (Å²) in [6, 6.07) is 18.9. The molecule has 3 aromatic carbocycles. The molecule has 0 spiro atoms. The van der Waals surface area contributed by atoms with E-state index in [4.69, 9.17) is 14.2 Å². The molecule has 182 valence electrons. The fraction of sp³-hybridized carbons (Fsp3) is 0.111. The van der Waals surface area contributed by atoms with E-state index in [1.807, 2.05) is 13.0 Å². The third-order valence-corrected chi connectivity index (χ3v) is 5.71. The van der Waals surface area contributed by atoms with Crippen molar-refractivity contribution in [1.82, 2.24) is 0 Å². The molecule has 36 heavy (non-hydrogen) atoms. The number of carbonyl (C=O) groups excluding carboxylic acids is 3. The van der Waals surface area contributed by atoms with Gasteiger partial charge < -0.3 is 19.5 Å². The number of hydrogen-bond acceptors (Lipinski definition) is 7. The number of amides is 1. The predicted molar refractivity (Wildman–Crippen MR) is 143 cm³/mol. The van der Waals surface area contributed by atoms with Gasteiger partial charge in [-0.15, -0.1) is 0 Å². The fourth-order valence-electron chi connectivity index (χ4n) is 3.35. The number of hydrogen-bond donors (Lipinski definition) is 1. The first kappa shape index (κ1) is 25.1. The average molecular weight is 596 g/mol. The second-order valence-corrected chi connectivity index (χ2v) is 8.78. The number of esters is 2. The Labute approximate surface area is 221 Å². The Morgan fingerprint density at radius 2 is 1.81 bits per heavy atom. The lowest BCUT2D eigenvalue weighted by molar-refractivity contribution is -0.129. The zero-order chi connectivity index (χ0) is 25.7. The Balaban J connectivity index is 1.60. The molecule has 0 fully saturated rings. The van der Waals surface area contributed by atoms with E-state index >= 15 is 0 Å². The van der Waals surface area contributed by atoms with Gasteiger partial charge in [-0.1, -0.05) is 18.2 Å². The summed E-state index contributed by atoms with van der Waals surface area (Å²) in [7, 11) is 0. The lowest BCUT2D eigenvalue weighted by Crippen LogP contribution is -2.10. The number of carbonyl (C=O) groups is 3. The highest BCUT2D eigenvalue weighted by Crippen LogP contribution is 2.36. The quantitative estimate of drug-likeness (QED) is 0.174. The largest absolute Gasteiger partial charge is 0.490 e. The van der Waals surface area contributed by atoms with Gasteiger partial charge in [-0.05, 0) is 89.7 Å². The molecule has 4 rings (SSSR count). The normalized spacial score (nSPS) is 13.7. The highest BCUT2D eigenvalue weighted by molar-refractivity contribution is 14.1. The smallest absolute Gasteiger partial charge is 0.363 e. The number of halogens is 1. The van der Waals surface area contributed by atoms with Crippen LogP contribution in [0.5, 0.6) is 11.5 Å². The van der Waals surface area contributed by atoms with Crippen molar-refractivity contribution in [2.75, 3.05) is 11.9 Å². The van der Waals surface area contributed by atoms with Crippen LogP contribution >= 0.6 is 22.6 Å². The number of cyclic esters (lactones) is 1. The first-order chi connectivity index (χ1) is 17.3. The maximum absolute atomic E-state index is 12.6. The van der Waals surface area contributed by atoms with Crippen LogP contribution in [0.2, 0.25) is 0 Å². The van der Waals surface area contributed by atoms with Crippen LogP contribution in [0.25, 0.3) is 6.08 Å². The van der Waals surface area contributed by atoms with Gasteiger partial charge in [0.15, 0.2) is 17.2 Å².